The molecule has 3 atom stereocenters. The second kappa shape index (κ2) is 4.09. The van der Waals surface area contributed by atoms with E-state index in [0.717, 1.165) is 30.4 Å². The minimum absolute atomic E-state index is 0.0296. The molecule has 0 heterocycles. The van der Waals surface area contributed by atoms with Gasteiger partial charge in [0.1, 0.15) is 0 Å². The molecule has 0 amide bonds. The lowest BCUT2D eigenvalue weighted by Crippen LogP contribution is -2.43. The number of aliphatic hydroxyl groups is 1. The maximum Gasteiger partial charge on any atom is 0.181 e. The van der Waals surface area contributed by atoms with Crippen LogP contribution in [0.5, 0.6) is 0 Å². The number of carbonyl (C=O) groups excluding carboxylic acids is 1. The molecule has 0 aromatic carbocycles. The second-order valence-electron chi connectivity index (χ2n) is 6.00. The Kier molecular flexibility index (Phi) is 3.03. The third-order valence-corrected chi connectivity index (χ3v) is 4.78. The average molecular weight is 234 g/mol. The van der Waals surface area contributed by atoms with Crippen LogP contribution in [0.2, 0.25) is 0 Å². The van der Waals surface area contributed by atoms with E-state index in [-0.39, 0.29) is 23.2 Å². The van der Waals surface area contributed by atoms with E-state index in [2.05, 4.69) is 13.8 Å². The molecule has 0 radical (unpaired) electrons. The van der Waals surface area contributed by atoms with E-state index in [1.54, 1.807) is 0 Å². The first-order valence-electron chi connectivity index (χ1n) is 6.46. The minimum atomic E-state index is -0.233. The van der Waals surface area contributed by atoms with Gasteiger partial charge in [-0.25, -0.2) is 0 Å². The molecule has 2 nitrogen and oxygen atoms in total. The second-order valence-corrected chi connectivity index (χ2v) is 6.00. The first-order valence-corrected chi connectivity index (χ1v) is 6.46. The predicted octanol–water partition coefficient (Wildman–Crippen LogP) is 3.02. The van der Waals surface area contributed by atoms with Crippen LogP contribution in [0.3, 0.4) is 0 Å². The van der Waals surface area contributed by atoms with Crippen molar-refractivity contribution >= 4 is 5.78 Å². The zero-order chi connectivity index (χ0) is 12.8. The molecule has 1 fully saturated rings. The van der Waals surface area contributed by atoms with Crippen molar-refractivity contribution in [2.45, 2.75) is 53.1 Å². The predicted molar refractivity (Wildman–Crippen MR) is 68.6 cm³/mol. The van der Waals surface area contributed by atoms with Gasteiger partial charge in [-0.15, -0.1) is 0 Å². The molecule has 0 bridgehead atoms. The summed E-state index contributed by atoms with van der Waals surface area (Å²) in [5.74, 6) is 0.408. The molecule has 94 valence electrons. The maximum atomic E-state index is 12.0. The highest BCUT2D eigenvalue weighted by atomic mass is 16.3. The Hall–Kier alpha value is -0.890. The summed E-state index contributed by atoms with van der Waals surface area (Å²) >= 11 is 0. The normalized spacial score (nSPS) is 37.6. The Morgan fingerprint density at radius 3 is 2.71 bits per heavy atom. The van der Waals surface area contributed by atoms with Crippen molar-refractivity contribution in [3.63, 3.8) is 0 Å². The summed E-state index contributed by atoms with van der Waals surface area (Å²) in [6.45, 7) is 8.30. The van der Waals surface area contributed by atoms with Crippen LogP contribution < -0.4 is 0 Å². The molecular formula is C15H22O2. The summed E-state index contributed by atoms with van der Waals surface area (Å²) < 4.78 is 0. The number of allylic oxidation sites excluding steroid dienone is 4. The SMILES string of the molecule is CC(C)=C1CC2(C)C(=CC1=O)CCC(O)C2C. The van der Waals surface area contributed by atoms with Gasteiger partial charge in [0, 0.05) is 0 Å². The molecule has 2 aliphatic rings. The molecule has 2 heteroatoms. The number of fused-ring (bicyclic) bond motifs is 1. The molecule has 0 spiro atoms. The third kappa shape index (κ3) is 1.89. The summed E-state index contributed by atoms with van der Waals surface area (Å²) in [4.78, 5) is 12.0. The molecule has 1 N–H and O–H groups in total. The van der Waals surface area contributed by atoms with Crippen LogP contribution in [0.4, 0.5) is 0 Å². The fourth-order valence-corrected chi connectivity index (χ4v) is 3.19. The van der Waals surface area contributed by atoms with Crippen molar-refractivity contribution in [1.82, 2.24) is 0 Å². The van der Waals surface area contributed by atoms with Crippen molar-refractivity contribution in [3.05, 3.63) is 22.8 Å². The molecule has 3 unspecified atom stereocenters. The largest absolute Gasteiger partial charge is 0.393 e. The van der Waals surface area contributed by atoms with Gasteiger partial charge in [-0.2, -0.15) is 0 Å². The lowest BCUT2D eigenvalue weighted by atomic mass is 9.58. The van der Waals surface area contributed by atoms with Gasteiger partial charge in [-0.3, -0.25) is 4.79 Å². The smallest absolute Gasteiger partial charge is 0.181 e. The number of carbonyl (C=O) groups is 1. The van der Waals surface area contributed by atoms with Crippen molar-refractivity contribution in [1.29, 1.82) is 0 Å². The van der Waals surface area contributed by atoms with Crippen LogP contribution >= 0.6 is 0 Å². The van der Waals surface area contributed by atoms with Crippen LogP contribution in [0.25, 0.3) is 0 Å². The highest BCUT2D eigenvalue weighted by Crippen LogP contribution is 2.51. The van der Waals surface area contributed by atoms with Crippen LogP contribution in [0.15, 0.2) is 22.8 Å². The van der Waals surface area contributed by atoms with Gasteiger partial charge in [0.2, 0.25) is 0 Å². The van der Waals surface area contributed by atoms with Crippen LogP contribution in [0, 0.1) is 11.3 Å². The summed E-state index contributed by atoms with van der Waals surface area (Å²) in [7, 11) is 0. The lowest BCUT2D eigenvalue weighted by molar-refractivity contribution is -0.112. The van der Waals surface area contributed by atoms with Crippen molar-refractivity contribution in [2.75, 3.05) is 0 Å². The van der Waals surface area contributed by atoms with E-state index in [1.165, 1.54) is 5.57 Å². The first kappa shape index (κ1) is 12.6. The number of hydrogen-bond donors (Lipinski definition) is 1. The fourth-order valence-electron chi connectivity index (χ4n) is 3.19. The quantitative estimate of drug-likeness (QED) is 0.654. The van der Waals surface area contributed by atoms with Gasteiger partial charge >= 0.3 is 0 Å². The topological polar surface area (TPSA) is 37.3 Å². The number of rotatable bonds is 0. The summed E-state index contributed by atoms with van der Waals surface area (Å²) in [6.07, 6.45) is 4.04. The lowest BCUT2D eigenvalue weighted by Gasteiger charge is -2.47. The molecule has 0 aliphatic heterocycles. The molecule has 0 aromatic rings. The molecule has 0 aromatic heterocycles. The van der Waals surface area contributed by atoms with E-state index in [0.29, 0.717) is 0 Å². The maximum absolute atomic E-state index is 12.0. The van der Waals surface area contributed by atoms with E-state index >= 15 is 0 Å². The van der Waals surface area contributed by atoms with Crippen molar-refractivity contribution in [3.8, 4) is 0 Å². The number of ketones is 1. The summed E-state index contributed by atoms with van der Waals surface area (Å²) in [5.41, 5.74) is 3.26. The van der Waals surface area contributed by atoms with Crippen LogP contribution in [-0.2, 0) is 4.79 Å². The molecule has 2 aliphatic carbocycles. The highest BCUT2D eigenvalue weighted by molar-refractivity contribution is 6.06. The average Bonchev–Trinajstić information content (AvgIpc) is 2.26. The number of hydrogen-bond acceptors (Lipinski definition) is 2. The molecule has 0 saturated heterocycles. The Balaban J connectivity index is 2.47. The van der Waals surface area contributed by atoms with E-state index < -0.39 is 0 Å². The van der Waals surface area contributed by atoms with E-state index in [1.807, 2.05) is 19.9 Å². The molecule has 1 saturated carbocycles. The van der Waals surface area contributed by atoms with Gasteiger partial charge in [0.25, 0.3) is 0 Å². The third-order valence-electron chi connectivity index (χ3n) is 4.78. The fraction of sp³-hybridized carbons (Fsp3) is 0.667. The number of aliphatic hydroxyl groups excluding tert-OH is 1. The Labute approximate surface area is 103 Å². The monoisotopic (exact) mass is 234 g/mol. The standard InChI is InChI=1S/C15H22O2/c1-9(2)12-8-15(4)10(3)13(16)6-5-11(15)7-14(12)17/h7,10,13,16H,5-6,8H2,1-4H3. The van der Waals surface area contributed by atoms with E-state index in [9.17, 15) is 9.90 Å². The Morgan fingerprint density at radius 2 is 2.12 bits per heavy atom. The Bertz CT molecular complexity index is 413. The minimum Gasteiger partial charge on any atom is -0.393 e. The Morgan fingerprint density at radius 1 is 1.47 bits per heavy atom. The van der Waals surface area contributed by atoms with Gasteiger partial charge in [-0.05, 0) is 56.1 Å². The molecule has 2 rings (SSSR count). The first-order chi connectivity index (χ1) is 7.86. The zero-order valence-electron chi connectivity index (χ0n) is 11.2. The highest BCUT2D eigenvalue weighted by Gasteiger charge is 2.45. The summed E-state index contributed by atoms with van der Waals surface area (Å²) in [5, 5.41) is 10.0. The van der Waals surface area contributed by atoms with Crippen molar-refractivity contribution < 1.29 is 9.90 Å². The van der Waals surface area contributed by atoms with Gasteiger partial charge in [-0.1, -0.05) is 25.0 Å². The molecular weight excluding hydrogens is 212 g/mol. The zero-order valence-corrected chi connectivity index (χ0v) is 11.2. The van der Waals surface area contributed by atoms with Crippen LogP contribution in [0.1, 0.15) is 47.0 Å². The van der Waals surface area contributed by atoms with Crippen LogP contribution in [-0.4, -0.2) is 17.0 Å². The van der Waals surface area contributed by atoms with Gasteiger partial charge in [0.05, 0.1) is 6.10 Å². The van der Waals surface area contributed by atoms with Gasteiger partial charge < -0.3 is 5.11 Å². The van der Waals surface area contributed by atoms with Gasteiger partial charge in [0.15, 0.2) is 5.78 Å². The molecule has 17 heavy (non-hydrogen) atoms. The summed E-state index contributed by atoms with van der Waals surface area (Å²) in [6, 6.07) is 0. The van der Waals surface area contributed by atoms with Crippen molar-refractivity contribution in [2.24, 2.45) is 11.3 Å². The van der Waals surface area contributed by atoms with E-state index in [4.69, 9.17) is 0 Å².